The maximum Gasteiger partial charge on any atom is 0.367 e. The largest absolute Gasteiger partial charge is 0.458 e. The zero-order chi connectivity index (χ0) is 22.4. The number of rotatable bonds is 5. The number of carbonyl (C=O) groups excluding carboxylic acids is 1. The Balaban J connectivity index is 1.35. The van der Waals surface area contributed by atoms with Crippen LogP contribution in [0.1, 0.15) is 73.6 Å². The SMILES string of the molecule is C[C@H]1[C@H](SCCCOC(=O)SC(C)(C)C)O[C@@H]2O[C@@]3(C)CC[C@H]4[C@H](C)CC[C@@H]1[C@@]24OO3. The second kappa shape index (κ2) is 8.99. The minimum absolute atomic E-state index is 0.0425. The highest BCUT2D eigenvalue weighted by Gasteiger charge is 2.69. The van der Waals surface area contributed by atoms with Crippen molar-refractivity contribution >= 4 is 28.8 Å². The van der Waals surface area contributed by atoms with Gasteiger partial charge in [0.25, 0.3) is 0 Å². The van der Waals surface area contributed by atoms with Gasteiger partial charge < -0.3 is 14.2 Å². The standard InChI is InChI=1S/C23H38O6S2/c1-14-8-9-17-15(2)18(30-13-7-12-25-20(24)31-21(3,4)5)26-19-23(17)16(14)10-11-22(6,27-19)28-29-23/h14-19H,7-13H2,1-6H3/t14-,15-,16+,17+,18+,19-,22-,23-/m1/s1. The highest BCUT2D eigenvalue weighted by Crippen LogP contribution is 2.61. The summed E-state index contributed by atoms with van der Waals surface area (Å²) in [5, 5.41) is -0.197. The van der Waals surface area contributed by atoms with E-state index in [0.29, 0.717) is 30.3 Å². The fourth-order valence-corrected chi connectivity index (χ4v) is 7.59. The maximum absolute atomic E-state index is 11.9. The van der Waals surface area contributed by atoms with E-state index in [1.807, 2.05) is 27.7 Å². The Morgan fingerprint density at radius 1 is 1.13 bits per heavy atom. The fraction of sp³-hybridized carbons (Fsp3) is 0.957. The molecule has 5 rings (SSSR count). The second-order valence-corrected chi connectivity index (χ2v) is 13.8. The van der Waals surface area contributed by atoms with E-state index in [0.717, 1.165) is 31.4 Å². The van der Waals surface area contributed by atoms with Gasteiger partial charge in [0.05, 0.1) is 6.61 Å². The number of hydrogen-bond donors (Lipinski definition) is 0. The Bertz CT molecular complexity index is 669. The lowest BCUT2D eigenvalue weighted by atomic mass is 9.58. The third kappa shape index (κ3) is 4.80. The Hall–Kier alpha value is 0.01000. The predicted octanol–water partition coefficient (Wildman–Crippen LogP) is 5.99. The lowest BCUT2D eigenvalue weighted by Crippen LogP contribution is -2.70. The minimum Gasteiger partial charge on any atom is -0.458 e. The molecule has 1 saturated carbocycles. The van der Waals surface area contributed by atoms with E-state index in [9.17, 15) is 4.79 Å². The lowest BCUT2D eigenvalue weighted by Gasteiger charge is -2.60. The van der Waals surface area contributed by atoms with Crippen molar-refractivity contribution in [2.45, 2.75) is 102 Å². The van der Waals surface area contributed by atoms with Crippen LogP contribution in [0.15, 0.2) is 0 Å². The van der Waals surface area contributed by atoms with E-state index in [1.165, 1.54) is 18.2 Å². The van der Waals surface area contributed by atoms with Crippen LogP contribution in [0.4, 0.5) is 4.79 Å². The summed E-state index contributed by atoms with van der Waals surface area (Å²) < 4.78 is 18.2. The van der Waals surface area contributed by atoms with Crippen LogP contribution < -0.4 is 0 Å². The lowest BCUT2D eigenvalue weighted by molar-refractivity contribution is -0.568. The molecule has 4 saturated heterocycles. The van der Waals surface area contributed by atoms with Crippen LogP contribution >= 0.6 is 23.5 Å². The number of carbonyl (C=O) groups is 1. The zero-order valence-corrected chi connectivity index (χ0v) is 21.3. The van der Waals surface area contributed by atoms with Crippen molar-refractivity contribution in [2.24, 2.45) is 23.7 Å². The van der Waals surface area contributed by atoms with Crippen LogP contribution in [0.5, 0.6) is 0 Å². The molecule has 0 N–H and O–H groups in total. The average Bonchev–Trinajstić information content (AvgIpc) is 2.90. The first kappa shape index (κ1) is 24.1. The van der Waals surface area contributed by atoms with Crippen molar-refractivity contribution in [2.75, 3.05) is 12.4 Å². The molecule has 0 aromatic rings. The molecule has 4 aliphatic heterocycles. The minimum atomic E-state index is -0.730. The first-order valence-electron chi connectivity index (χ1n) is 11.7. The van der Waals surface area contributed by atoms with E-state index < -0.39 is 11.4 Å². The van der Waals surface area contributed by atoms with E-state index in [-0.39, 0.29) is 21.8 Å². The normalized spacial score (nSPS) is 44.5. The molecule has 2 bridgehead atoms. The van der Waals surface area contributed by atoms with Gasteiger partial charge in [-0.3, -0.25) is 0 Å². The van der Waals surface area contributed by atoms with Crippen LogP contribution in [0.25, 0.3) is 0 Å². The number of hydrogen-bond acceptors (Lipinski definition) is 8. The maximum atomic E-state index is 11.9. The summed E-state index contributed by atoms with van der Waals surface area (Å²) in [6, 6.07) is 0. The molecule has 178 valence electrons. The summed E-state index contributed by atoms with van der Waals surface area (Å²) in [4.78, 5) is 24.0. The zero-order valence-electron chi connectivity index (χ0n) is 19.7. The molecule has 1 aliphatic carbocycles. The predicted molar refractivity (Wildman–Crippen MR) is 123 cm³/mol. The molecule has 0 aromatic carbocycles. The average molecular weight is 475 g/mol. The van der Waals surface area contributed by atoms with Crippen molar-refractivity contribution in [1.29, 1.82) is 0 Å². The van der Waals surface area contributed by atoms with Crippen LogP contribution in [0.2, 0.25) is 0 Å². The van der Waals surface area contributed by atoms with E-state index >= 15 is 0 Å². The van der Waals surface area contributed by atoms with Gasteiger partial charge in [0.2, 0.25) is 5.79 Å². The second-order valence-electron chi connectivity index (χ2n) is 10.8. The summed E-state index contributed by atoms with van der Waals surface area (Å²) in [7, 11) is 0. The summed E-state index contributed by atoms with van der Waals surface area (Å²) in [5.41, 5.74) is -0.454. The number of ether oxygens (including phenoxy) is 3. The molecule has 0 amide bonds. The first-order chi connectivity index (χ1) is 14.5. The van der Waals surface area contributed by atoms with Gasteiger partial charge in [0.1, 0.15) is 5.44 Å². The Labute approximate surface area is 195 Å². The van der Waals surface area contributed by atoms with Crippen LogP contribution in [0.3, 0.4) is 0 Å². The van der Waals surface area contributed by atoms with Gasteiger partial charge in [-0.05, 0) is 67.9 Å². The molecule has 1 spiro atoms. The van der Waals surface area contributed by atoms with Gasteiger partial charge in [0, 0.05) is 17.1 Å². The molecule has 4 heterocycles. The summed E-state index contributed by atoms with van der Waals surface area (Å²) in [5.74, 6) is 1.81. The Morgan fingerprint density at radius 2 is 1.90 bits per heavy atom. The fourth-order valence-electron chi connectivity index (χ4n) is 5.76. The van der Waals surface area contributed by atoms with Gasteiger partial charge in [0.15, 0.2) is 11.9 Å². The monoisotopic (exact) mass is 474 g/mol. The van der Waals surface area contributed by atoms with Gasteiger partial charge in [-0.2, -0.15) is 0 Å². The van der Waals surface area contributed by atoms with E-state index in [4.69, 9.17) is 24.0 Å². The molecule has 5 fully saturated rings. The molecule has 0 unspecified atom stereocenters. The summed E-state index contributed by atoms with van der Waals surface area (Å²) in [6.45, 7) is 13.1. The molecule has 31 heavy (non-hydrogen) atoms. The molecular formula is C23H38O6S2. The van der Waals surface area contributed by atoms with Crippen molar-refractivity contribution in [3.8, 4) is 0 Å². The smallest absolute Gasteiger partial charge is 0.367 e. The van der Waals surface area contributed by atoms with Crippen LogP contribution in [-0.2, 0) is 24.0 Å². The van der Waals surface area contributed by atoms with Crippen LogP contribution in [-0.4, -0.2) is 45.5 Å². The van der Waals surface area contributed by atoms with E-state index in [1.54, 1.807) is 11.8 Å². The molecular weight excluding hydrogens is 436 g/mol. The third-order valence-corrected chi connectivity index (χ3v) is 9.57. The summed E-state index contributed by atoms with van der Waals surface area (Å²) >= 11 is 3.04. The van der Waals surface area contributed by atoms with Crippen molar-refractivity contribution < 1.29 is 28.8 Å². The van der Waals surface area contributed by atoms with Gasteiger partial charge in [-0.25, -0.2) is 14.6 Å². The highest BCUT2D eigenvalue weighted by molar-refractivity contribution is 8.14. The van der Waals surface area contributed by atoms with Crippen LogP contribution in [0, 0.1) is 23.7 Å². The Kier molecular flexibility index (Phi) is 7.00. The number of thioether (sulfide) groups is 2. The van der Waals surface area contributed by atoms with Gasteiger partial charge in [-0.15, -0.1) is 11.8 Å². The molecule has 0 radical (unpaired) electrons. The topological polar surface area (TPSA) is 63.2 Å². The molecule has 8 heteroatoms. The Morgan fingerprint density at radius 3 is 2.65 bits per heavy atom. The summed E-state index contributed by atoms with van der Waals surface area (Å²) in [6.07, 6.45) is 4.64. The van der Waals surface area contributed by atoms with Crippen molar-refractivity contribution in [3.05, 3.63) is 0 Å². The third-order valence-electron chi connectivity index (χ3n) is 7.28. The van der Waals surface area contributed by atoms with E-state index in [2.05, 4.69) is 13.8 Å². The van der Waals surface area contributed by atoms with Crippen molar-refractivity contribution in [3.63, 3.8) is 0 Å². The van der Waals surface area contributed by atoms with Gasteiger partial charge in [-0.1, -0.05) is 34.6 Å². The molecule has 8 atom stereocenters. The molecule has 6 nitrogen and oxygen atoms in total. The highest BCUT2D eigenvalue weighted by atomic mass is 32.2. The van der Waals surface area contributed by atoms with Gasteiger partial charge >= 0.3 is 5.30 Å². The quantitative estimate of drug-likeness (QED) is 0.274. The molecule has 5 aliphatic rings. The number of fused-ring (bicyclic) bond motifs is 2. The van der Waals surface area contributed by atoms with Crippen molar-refractivity contribution in [1.82, 2.24) is 0 Å². The molecule has 0 aromatic heterocycles. The first-order valence-corrected chi connectivity index (χ1v) is 13.6.